The standard InChI is InChI=1S/C22H31N3O/c1-4-25-21(14-18(3)23-25)22(26)24(15-19-11-6-5-7-12-19)16-20-13-9-8-10-17(20)2/h8-10,13-14,19H,4-7,11-12,15-16H2,1-3H3. The van der Waals surface area contributed by atoms with Gasteiger partial charge in [0.05, 0.1) is 5.69 Å². The van der Waals surface area contributed by atoms with Gasteiger partial charge < -0.3 is 4.90 Å². The van der Waals surface area contributed by atoms with Crippen LogP contribution in [0.3, 0.4) is 0 Å². The van der Waals surface area contributed by atoms with Gasteiger partial charge in [0.2, 0.25) is 0 Å². The first-order chi connectivity index (χ1) is 12.6. The van der Waals surface area contributed by atoms with Crippen molar-refractivity contribution in [1.29, 1.82) is 0 Å². The maximum Gasteiger partial charge on any atom is 0.272 e. The summed E-state index contributed by atoms with van der Waals surface area (Å²) in [6.45, 7) is 8.36. The van der Waals surface area contributed by atoms with Crippen LogP contribution in [0.2, 0.25) is 0 Å². The van der Waals surface area contributed by atoms with Gasteiger partial charge in [0, 0.05) is 19.6 Å². The second-order valence-corrected chi connectivity index (χ2v) is 7.60. The van der Waals surface area contributed by atoms with Gasteiger partial charge >= 0.3 is 0 Å². The van der Waals surface area contributed by atoms with Gasteiger partial charge in [-0.15, -0.1) is 0 Å². The van der Waals surface area contributed by atoms with E-state index in [2.05, 4.69) is 41.2 Å². The van der Waals surface area contributed by atoms with E-state index < -0.39 is 0 Å². The van der Waals surface area contributed by atoms with E-state index in [1.807, 2.05) is 24.6 Å². The van der Waals surface area contributed by atoms with E-state index in [-0.39, 0.29) is 5.91 Å². The first kappa shape index (κ1) is 18.7. The predicted octanol–water partition coefficient (Wildman–Crippen LogP) is 4.74. The van der Waals surface area contributed by atoms with Crippen molar-refractivity contribution in [3.05, 3.63) is 52.8 Å². The fourth-order valence-corrected chi connectivity index (χ4v) is 4.01. The molecule has 1 aromatic carbocycles. The monoisotopic (exact) mass is 353 g/mol. The summed E-state index contributed by atoms with van der Waals surface area (Å²) in [5, 5.41) is 4.47. The topological polar surface area (TPSA) is 38.1 Å². The predicted molar refractivity (Wildman–Crippen MR) is 105 cm³/mol. The van der Waals surface area contributed by atoms with Gasteiger partial charge in [-0.25, -0.2) is 0 Å². The third kappa shape index (κ3) is 4.35. The van der Waals surface area contributed by atoms with Crippen molar-refractivity contribution in [3.8, 4) is 0 Å². The van der Waals surface area contributed by atoms with E-state index in [1.165, 1.54) is 43.2 Å². The van der Waals surface area contributed by atoms with Gasteiger partial charge in [0.1, 0.15) is 5.69 Å². The van der Waals surface area contributed by atoms with Crippen molar-refractivity contribution in [1.82, 2.24) is 14.7 Å². The van der Waals surface area contributed by atoms with Crippen LogP contribution >= 0.6 is 0 Å². The minimum absolute atomic E-state index is 0.112. The average molecular weight is 354 g/mol. The Bertz CT molecular complexity index is 744. The smallest absolute Gasteiger partial charge is 0.272 e. The van der Waals surface area contributed by atoms with Crippen LogP contribution < -0.4 is 0 Å². The molecule has 0 bridgehead atoms. The summed E-state index contributed by atoms with van der Waals surface area (Å²) in [5.74, 6) is 0.733. The van der Waals surface area contributed by atoms with E-state index in [4.69, 9.17) is 0 Å². The van der Waals surface area contributed by atoms with Crippen LogP contribution in [0.4, 0.5) is 0 Å². The van der Waals surface area contributed by atoms with Crippen molar-refractivity contribution in [3.63, 3.8) is 0 Å². The summed E-state index contributed by atoms with van der Waals surface area (Å²) in [6, 6.07) is 10.3. The number of aromatic nitrogens is 2. The third-order valence-electron chi connectivity index (χ3n) is 5.53. The molecule has 0 radical (unpaired) electrons. The van der Waals surface area contributed by atoms with Gasteiger partial charge in [-0.3, -0.25) is 9.48 Å². The van der Waals surface area contributed by atoms with E-state index in [1.54, 1.807) is 0 Å². The second kappa shape index (κ2) is 8.52. The highest BCUT2D eigenvalue weighted by Gasteiger charge is 2.25. The molecule has 1 aliphatic rings. The normalized spacial score (nSPS) is 15.2. The Balaban J connectivity index is 1.85. The van der Waals surface area contributed by atoms with E-state index in [9.17, 15) is 4.79 Å². The zero-order valence-corrected chi connectivity index (χ0v) is 16.4. The molecule has 4 heteroatoms. The van der Waals surface area contributed by atoms with Gasteiger partial charge in [-0.2, -0.15) is 5.10 Å². The summed E-state index contributed by atoms with van der Waals surface area (Å²) >= 11 is 0. The van der Waals surface area contributed by atoms with Crippen molar-refractivity contribution in [2.75, 3.05) is 6.54 Å². The number of benzene rings is 1. The zero-order valence-electron chi connectivity index (χ0n) is 16.4. The van der Waals surface area contributed by atoms with Crippen LogP contribution in [-0.2, 0) is 13.1 Å². The van der Waals surface area contributed by atoms with Gasteiger partial charge in [0.15, 0.2) is 0 Å². The lowest BCUT2D eigenvalue weighted by Gasteiger charge is -2.30. The summed E-state index contributed by atoms with van der Waals surface area (Å²) in [7, 11) is 0. The quantitative estimate of drug-likeness (QED) is 0.752. The molecular weight excluding hydrogens is 322 g/mol. The molecule has 1 aliphatic carbocycles. The average Bonchev–Trinajstić information content (AvgIpc) is 3.04. The molecule has 1 heterocycles. The Kier molecular flexibility index (Phi) is 6.12. The molecule has 26 heavy (non-hydrogen) atoms. The second-order valence-electron chi connectivity index (χ2n) is 7.60. The highest BCUT2D eigenvalue weighted by molar-refractivity contribution is 5.92. The molecule has 0 spiro atoms. The maximum absolute atomic E-state index is 13.4. The van der Waals surface area contributed by atoms with E-state index >= 15 is 0 Å². The Labute approximate surface area is 157 Å². The third-order valence-corrected chi connectivity index (χ3v) is 5.53. The molecule has 2 aromatic rings. The van der Waals surface area contributed by atoms with Crippen LogP contribution in [-0.4, -0.2) is 27.1 Å². The number of nitrogens with zero attached hydrogens (tertiary/aromatic N) is 3. The van der Waals surface area contributed by atoms with Crippen LogP contribution in [0.25, 0.3) is 0 Å². The Morgan fingerprint density at radius 3 is 2.62 bits per heavy atom. The summed E-state index contributed by atoms with van der Waals surface area (Å²) in [4.78, 5) is 15.4. The molecule has 0 atom stereocenters. The molecule has 1 aromatic heterocycles. The molecule has 140 valence electrons. The zero-order chi connectivity index (χ0) is 18.5. The summed E-state index contributed by atoms with van der Waals surface area (Å²) in [5.41, 5.74) is 4.10. The number of carbonyl (C=O) groups excluding carboxylic acids is 1. The summed E-state index contributed by atoms with van der Waals surface area (Å²) in [6.07, 6.45) is 6.41. The highest BCUT2D eigenvalue weighted by Crippen LogP contribution is 2.26. The van der Waals surface area contributed by atoms with Crippen molar-refractivity contribution in [2.24, 2.45) is 5.92 Å². The highest BCUT2D eigenvalue weighted by atomic mass is 16.2. The Morgan fingerprint density at radius 1 is 1.19 bits per heavy atom. The van der Waals surface area contributed by atoms with E-state index in [0.717, 1.165) is 24.5 Å². The van der Waals surface area contributed by atoms with Crippen LogP contribution in [0, 0.1) is 19.8 Å². The maximum atomic E-state index is 13.4. The fraction of sp³-hybridized carbons (Fsp3) is 0.545. The molecule has 3 rings (SSSR count). The van der Waals surface area contributed by atoms with E-state index in [0.29, 0.717) is 12.5 Å². The molecule has 0 aliphatic heterocycles. The first-order valence-electron chi connectivity index (χ1n) is 9.96. The van der Waals surface area contributed by atoms with Gasteiger partial charge in [0.25, 0.3) is 5.91 Å². The molecule has 4 nitrogen and oxygen atoms in total. The van der Waals surface area contributed by atoms with Crippen molar-refractivity contribution >= 4 is 5.91 Å². The number of aryl methyl sites for hydroxylation is 3. The SMILES string of the molecule is CCn1nc(C)cc1C(=O)N(Cc1ccccc1C)CC1CCCCC1. The lowest BCUT2D eigenvalue weighted by molar-refractivity contribution is 0.0686. The molecule has 0 saturated heterocycles. The summed E-state index contributed by atoms with van der Waals surface area (Å²) < 4.78 is 1.84. The van der Waals surface area contributed by atoms with Crippen molar-refractivity contribution in [2.45, 2.75) is 66.0 Å². The van der Waals surface area contributed by atoms with Crippen LogP contribution in [0.1, 0.15) is 66.3 Å². The first-order valence-corrected chi connectivity index (χ1v) is 9.96. The number of hydrogen-bond donors (Lipinski definition) is 0. The molecular formula is C22H31N3O. The lowest BCUT2D eigenvalue weighted by atomic mass is 9.88. The largest absolute Gasteiger partial charge is 0.333 e. The number of carbonyl (C=O) groups is 1. The Hall–Kier alpha value is -2.10. The van der Waals surface area contributed by atoms with Crippen LogP contribution in [0.15, 0.2) is 30.3 Å². The molecule has 0 N–H and O–H groups in total. The number of rotatable bonds is 6. The minimum atomic E-state index is 0.112. The Morgan fingerprint density at radius 2 is 1.92 bits per heavy atom. The number of hydrogen-bond acceptors (Lipinski definition) is 2. The fourth-order valence-electron chi connectivity index (χ4n) is 4.01. The van der Waals surface area contributed by atoms with Crippen LogP contribution in [0.5, 0.6) is 0 Å². The number of amides is 1. The van der Waals surface area contributed by atoms with Gasteiger partial charge in [-0.1, -0.05) is 43.5 Å². The molecule has 1 saturated carbocycles. The van der Waals surface area contributed by atoms with Gasteiger partial charge in [-0.05, 0) is 56.7 Å². The molecule has 1 fully saturated rings. The molecule has 1 amide bonds. The minimum Gasteiger partial charge on any atom is -0.333 e. The lowest BCUT2D eigenvalue weighted by Crippen LogP contribution is -2.37. The van der Waals surface area contributed by atoms with Crippen molar-refractivity contribution < 1.29 is 4.79 Å². The molecule has 0 unspecified atom stereocenters.